The molecule has 4 rings (SSSR count). The van der Waals surface area contributed by atoms with Crippen LogP contribution in [-0.4, -0.2) is 42.4 Å². The molecule has 0 aromatic heterocycles. The van der Waals surface area contributed by atoms with Crippen molar-refractivity contribution < 1.29 is 28.5 Å². The smallest absolute Gasteiger partial charge is 0.302 e. The average Bonchev–Trinajstić information content (AvgIpc) is 2.91. The maximum absolute atomic E-state index is 11.6. The molecular weight excluding hydrogens is 476 g/mol. The number of hydrogen-bond acceptors (Lipinski definition) is 7. The number of hydrogen-bond donors (Lipinski definition) is 1. The Balaban J connectivity index is 1.57. The van der Waals surface area contributed by atoms with Crippen molar-refractivity contribution in [3.8, 4) is 0 Å². The predicted molar refractivity (Wildman–Crippen MR) is 139 cm³/mol. The lowest BCUT2D eigenvalue weighted by molar-refractivity contribution is -0.252. The van der Waals surface area contributed by atoms with Crippen LogP contribution in [-0.2, 0) is 48.3 Å². The Morgan fingerprint density at radius 3 is 1.56 bits per heavy atom. The van der Waals surface area contributed by atoms with Gasteiger partial charge in [-0.15, -0.1) is 12.6 Å². The van der Waals surface area contributed by atoms with Gasteiger partial charge in [0.05, 0.1) is 19.8 Å². The lowest BCUT2D eigenvalue weighted by Gasteiger charge is -2.44. The summed E-state index contributed by atoms with van der Waals surface area (Å²) in [4.78, 5) is 11.6. The normalized spacial score (nSPS) is 23.8. The Hall–Kier alpha value is -2.68. The monoisotopic (exact) mass is 508 g/mol. The summed E-state index contributed by atoms with van der Waals surface area (Å²) in [5, 5.41) is 0. The Kier molecular flexibility index (Phi) is 9.95. The summed E-state index contributed by atoms with van der Waals surface area (Å²) in [5.74, 6) is -0.389. The lowest BCUT2D eigenvalue weighted by atomic mass is 9.99. The molecule has 3 aromatic carbocycles. The number of rotatable bonds is 11. The van der Waals surface area contributed by atoms with Crippen LogP contribution in [0.5, 0.6) is 0 Å². The molecule has 1 saturated heterocycles. The van der Waals surface area contributed by atoms with Crippen LogP contribution in [0.3, 0.4) is 0 Å². The highest BCUT2D eigenvalue weighted by atomic mass is 32.1. The molecule has 190 valence electrons. The first-order valence-electron chi connectivity index (χ1n) is 12.0. The third-order valence-corrected chi connectivity index (χ3v) is 6.33. The molecule has 1 heterocycles. The van der Waals surface area contributed by atoms with Crippen LogP contribution >= 0.6 is 12.6 Å². The van der Waals surface area contributed by atoms with Gasteiger partial charge in [-0.2, -0.15) is 0 Å². The highest BCUT2D eigenvalue weighted by molar-refractivity contribution is 7.80. The highest BCUT2D eigenvalue weighted by Crippen LogP contribution is 2.32. The Bertz CT molecular complexity index is 1050. The fourth-order valence-electron chi connectivity index (χ4n) is 4.10. The van der Waals surface area contributed by atoms with Gasteiger partial charge < -0.3 is 23.7 Å². The van der Waals surface area contributed by atoms with Crippen LogP contribution in [0.2, 0.25) is 0 Å². The van der Waals surface area contributed by atoms with Gasteiger partial charge in [0, 0.05) is 6.92 Å². The second kappa shape index (κ2) is 13.6. The second-order valence-corrected chi connectivity index (χ2v) is 9.16. The Labute approximate surface area is 217 Å². The Morgan fingerprint density at radius 2 is 1.11 bits per heavy atom. The summed E-state index contributed by atoms with van der Waals surface area (Å²) in [5.41, 5.74) is 2.47. The van der Waals surface area contributed by atoms with Gasteiger partial charge in [-0.25, -0.2) is 0 Å². The van der Waals surface area contributed by atoms with E-state index in [-0.39, 0.29) is 12.6 Å². The fourth-order valence-corrected chi connectivity index (χ4v) is 4.51. The van der Waals surface area contributed by atoms with Crippen molar-refractivity contribution in [1.82, 2.24) is 0 Å². The standard InChI is InChI=1S/C29H32O6S/c1-21(30)31-20-25-26(32-17-22-11-5-2-6-12-22)27(33-18-23-13-7-3-8-14-23)28(29(36)35-25)34-19-24-15-9-4-10-16-24/h2-16,25-29,36H,17-20H2,1H3/t25-,26-,27+,28-,29-/m1/s1. The summed E-state index contributed by atoms with van der Waals surface area (Å²) < 4.78 is 30.7. The number of esters is 1. The topological polar surface area (TPSA) is 63.2 Å². The molecule has 0 unspecified atom stereocenters. The number of carbonyl (C=O) groups is 1. The second-order valence-electron chi connectivity index (χ2n) is 8.65. The first-order chi connectivity index (χ1) is 17.6. The number of thiol groups is 1. The molecule has 6 nitrogen and oxygen atoms in total. The maximum Gasteiger partial charge on any atom is 0.302 e. The minimum Gasteiger partial charge on any atom is -0.463 e. The van der Waals surface area contributed by atoms with Gasteiger partial charge in [0.25, 0.3) is 0 Å². The molecule has 1 fully saturated rings. The van der Waals surface area contributed by atoms with Gasteiger partial charge >= 0.3 is 5.97 Å². The average molecular weight is 509 g/mol. The van der Waals surface area contributed by atoms with E-state index >= 15 is 0 Å². The van der Waals surface area contributed by atoms with Crippen LogP contribution in [0.25, 0.3) is 0 Å². The first kappa shape index (κ1) is 26.4. The molecule has 0 amide bonds. The van der Waals surface area contributed by atoms with E-state index in [2.05, 4.69) is 0 Å². The molecule has 5 atom stereocenters. The van der Waals surface area contributed by atoms with E-state index in [1.807, 2.05) is 91.0 Å². The zero-order chi connectivity index (χ0) is 25.2. The van der Waals surface area contributed by atoms with Crippen molar-refractivity contribution in [3.63, 3.8) is 0 Å². The third-order valence-electron chi connectivity index (χ3n) is 5.92. The van der Waals surface area contributed by atoms with Crippen LogP contribution in [0.4, 0.5) is 0 Å². The van der Waals surface area contributed by atoms with E-state index in [1.54, 1.807) is 0 Å². The molecule has 36 heavy (non-hydrogen) atoms. The SMILES string of the molecule is CC(=O)OC[C@H]1O[C@H](S)[C@H](OCc2ccccc2)[C@@H](OCc2ccccc2)[C@@H]1OCc1ccccc1. The van der Waals surface area contributed by atoms with E-state index in [4.69, 9.17) is 36.3 Å². The Morgan fingerprint density at radius 1 is 0.694 bits per heavy atom. The zero-order valence-corrected chi connectivity index (χ0v) is 21.2. The summed E-state index contributed by atoms with van der Waals surface area (Å²) >= 11 is 4.70. The summed E-state index contributed by atoms with van der Waals surface area (Å²) in [6, 6.07) is 29.7. The van der Waals surface area contributed by atoms with E-state index in [0.29, 0.717) is 19.8 Å². The zero-order valence-electron chi connectivity index (χ0n) is 20.3. The summed E-state index contributed by atoms with van der Waals surface area (Å²) in [6.45, 7) is 2.48. The third kappa shape index (κ3) is 7.66. The van der Waals surface area contributed by atoms with Crippen LogP contribution in [0, 0.1) is 0 Å². The summed E-state index contributed by atoms with van der Waals surface area (Å²) in [6.07, 6.45) is -2.17. The van der Waals surface area contributed by atoms with Crippen molar-refractivity contribution >= 4 is 18.6 Å². The van der Waals surface area contributed by atoms with Crippen molar-refractivity contribution in [2.75, 3.05) is 6.61 Å². The minimum absolute atomic E-state index is 0.0302. The van der Waals surface area contributed by atoms with E-state index < -0.39 is 29.9 Å². The van der Waals surface area contributed by atoms with E-state index in [0.717, 1.165) is 16.7 Å². The molecule has 0 N–H and O–H groups in total. The summed E-state index contributed by atoms with van der Waals surface area (Å²) in [7, 11) is 0. The van der Waals surface area contributed by atoms with Gasteiger partial charge in [0.1, 0.15) is 36.5 Å². The van der Waals surface area contributed by atoms with Crippen molar-refractivity contribution in [1.29, 1.82) is 0 Å². The molecule has 1 aliphatic heterocycles. The van der Waals surface area contributed by atoms with Crippen LogP contribution in [0.15, 0.2) is 91.0 Å². The number of carbonyl (C=O) groups excluding carboxylic acids is 1. The van der Waals surface area contributed by atoms with Gasteiger partial charge in [0.15, 0.2) is 0 Å². The highest BCUT2D eigenvalue weighted by Gasteiger charge is 2.47. The quantitative estimate of drug-likeness (QED) is 0.292. The molecule has 0 bridgehead atoms. The van der Waals surface area contributed by atoms with Crippen molar-refractivity contribution in [3.05, 3.63) is 108 Å². The number of ether oxygens (including phenoxy) is 5. The molecule has 1 aliphatic rings. The minimum atomic E-state index is -0.605. The molecule has 0 spiro atoms. The van der Waals surface area contributed by atoms with Crippen molar-refractivity contribution in [2.24, 2.45) is 0 Å². The van der Waals surface area contributed by atoms with E-state index in [9.17, 15) is 4.79 Å². The first-order valence-corrected chi connectivity index (χ1v) is 12.6. The molecule has 0 aliphatic carbocycles. The predicted octanol–water partition coefficient (Wildman–Crippen LogP) is 4.96. The molecule has 0 saturated carbocycles. The van der Waals surface area contributed by atoms with Gasteiger partial charge in [0.2, 0.25) is 0 Å². The van der Waals surface area contributed by atoms with Crippen molar-refractivity contribution in [2.45, 2.75) is 56.6 Å². The molecule has 3 aromatic rings. The maximum atomic E-state index is 11.6. The lowest BCUT2D eigenvalue weighted by Crippen LogP contribution is -2.60. The van der Waals surface area contributed by atoms with Crippen LogP contribution in [0.1, 0.15) is 23.6 Å². The number of benzene rings is 3. The van der Waals surface area contributed by atoms with E-state index in [1.165, 1.54) is 6.92 Å². The molecule has 7 heteroatoms. The van der Waals surface area contributed by atoms with Gasteiger partial charge in [-0.05, 0) is 16.7 Å². The fraction of sp³-hybridized carbons (Fsp3) is 0.345. The molecular formula is C29H32O6S. The van der Waals surface area contributed by atoms with Crippen LogP contribution < -0.4 is 0 Å². The van der Waals surface area contributed by atoms with Gasteiger partial charge in [-0.1, -0.05) is 91.0 Å². The molecule has 0 radical (unpaired) electrons. The van der Waals surface area contributed by atoms with Gasteiger partial charge in [-0.3, -0.25) is 4.79 Å². The largest absolute Gasteiger partial charge is 0.463 e.